The van der Waals surface area contributed by atoms with Crippen LogP contribution in [-0.4, -0.2) is 13.1 Å². The number of hydrogen-bond acceptors (Lipinski definition) is 3. The van der Waals surface area contributed by atoms with Gasteiger partial charge in [-0.25, -0.2) is 0 Å². The normalized spacial score (nSPS) is 12.6. The Kier molecular flexibility index (Phi) is 6.44. The van der Waals surface area contributed by atoms with Crippen LogP contribution in [0.25, 0.3) is 0 Å². The van der Waals surface area contributed by atoms with Crippen molar-refractivity contribution in [1.82, 2.24) is 0 Å². The highest BCUT2D eigenvalue weighted by Gasteiger charge is 2.38. The monoisotopic (exact) mass is 311 g/mol. The van der Waals surface area contributed by atoms with E-state index in [1.807, 2.05) is 0 Å². The molecular weight excluding hydrogens is 296 g/mol. The van der Waals surface area contributed by atoms with Crippen LogP contribution in [0.3, 0.4) is 0 Å². The molecule has 6 heteroatoms. The molecule has 18 heavy (non-hydrogen) atoms. The predicted molar refractivity (Wildman–Crippen MR) is 76.4 cm³/mol. The van der Waals surface area contributed by atoms with E-state index in [1.165, 1.54) is 7.11 Å². The Morgan fingerprint density at radius 3 is 2.17 bits per heavy atom. The van der Waals surface area contributed by atoms with Crippen LogP contribution in [0, 0.1) is 5.41 Å². The van der Waals surface area contributed by atoms with E-state index in [9.17, 15) is 4.79 Å². The van der Waals surface area contributed by atoms with Crippen molar-refractivity contribution in [2.75, 3.05) is 7.11 Å². The minimum absolute atomic E-state index is 0. The Bertz CT molecular complexity index is 415. The van der Waals surface area contributed by atoms with Crippen LogP contribution < -0.4 is 5.73 Å². The molecule has 102 valence electrons. The molecule has 1 atom stereocenters. The Morgan fingerprint density at radius 1 is 1.33 bits per heavy atom. The van der Waals surface area contributed by atoms with Crippen molar-refractivity contribution in [2.45, 2.75) is 19.9 Å². The van der Waals surface area contributed by atoms with E-state index in [2.05, 4.69) is 0 Å². The first-order valence-corrected chi connectivity index (χ1v) is 5.86. The first-order chi connectivity index (χ1) is 7.82. The Hall–Kier alpha value is -0.480. The summed E-state index contributed by atoms with van der Waals surface area (Å²) in [6.45, 7) is 3.40. The summed E-state index contributed by atoms with van der Waals surface area (Å²) in [6, 6.07) is 4.48. The number of benzene rings is 1. The fourth-order valence-corrected chi connectivity index (χ4v) is 2.19. The zero-order chi connectivity index (χ0) is 13.2. The predicted octanol–water partition coefficient (Wildman–Crippen LogP) is 3.61. The molecule has 0 radical (unpaired) electrons. The zero-order valence-electron chi connectivity index (χ0n) is 10.4. The van der Waals surface area contributed by atoms with Gasteiger partial charge in [0.2, 0.25) is 0 Å². The summed E-state index contributed by atoms with van der Waals surface area (Å²) in [4.78, 5) is 11.7. The molecule has 0 aromatic heterocycles. The summed E-state index contributed by atoms with van der Waals surface area (Å²) in [5, 5.41) is 0.893. The fraction of sp³-hybridized carbons (Fsp3) is 0.417. The van der Waals surface area contributed by atoms with Crippen LogP contribution >= 0.6 is 35.6 Å². The molecule has 0 amide bonds. The van der Waals surface area contributed by atoms with Gasteiger partial charge in [0.1, 0.15) is 0 Å². The summed E-state index contributed by atoms with van der Waals surface area (Å²) >= 11 is 12.1. The van der Waals surface area contributed by atoms with Crippen molar-refractivity contribution < 1.29 is 9.53 Å². The summed E-state index contributed by atoms with van der Waals surface area (Å²) in [7, 11) is 1.32. The maximum Gasteiger partial charge on any atom is 0.313 e. The molecule has 0 unspecified atom stereocenters. The lowest BCUT2D eigenvalue weighted by molar-refractivity contribution is -0.152. The molecule has 1 aromatic carbocycles. The van der Waals surface area contributed by atoms with Crippen molar-refractivity contribution >= 4 is 41.6 Å². The van der Waals surface area contributed by atoms with Crippen LogP contribution in [0.15, 0.2) is 18.2 Å². The quantitative estimate of drug-likeness (QED) is 0.867. The molecule has 0 fully saturated rings. The minimum Gasteiger partial charge on any atom is -0.469 e. The number of nitrogens with two attached hydrogens (primary N) is 1. The molecule has 0 spiro atoms. The molecular formula is C12H16Cl3NO2. The number of carbonyl (C=O) groups is 1. The van der Waals surface area contributed by atoms with Gasteiger partial charge in [0, 0.05) is 21.7 Å². The van der Waals surface area contributed by atoms with Crippen LogP contribution in [0.1, 0.15) is 25.5 Å². The maximum atomic E-state index is 11.7. The molecule has 0 saturated carbocycles. The Labute approximate surface area is 123 Å². The average molecular weight is 313 g/mol. The molecule has 0 aliphatic heterocycles. The van der Waals surface area contributed by atoms with E-state index in [0.717, 1.165) is 0 Å². The molecule has 1 rings (SSSR count). The van der Waals surface area contributed by atoms with Gasteiger partial charge < -0.3 is 10.5 Å². The lowest BCUT2D eigenvalue weighted by Crippen LogP contribution is -2.37. The molecule has 0 aliphatic carbocycles. The lowest BCUT2D eigenvalue weighted by atomic mass is 9.81. The smallest absolute Gasteiger partial charge is 0.313 e. The van der Waals surface area contributed by atoms with Crippen LogP contribution in [-0.2, 0) is 9.53 Å². The highest BCUT2D eigenvalue weighted by molar-refractivity contribution is 6.36. The first-order valence-electron chi connectivity index (χ1n) is 5.10. The molecule has 0 heterocycles. The highest BCUT2D eigenvalue weighted by atomic mass is 35.5. The SMILES string of the molecule is COC(=O)C(C)(C)[C@@H](N)c1c(Cl)cccc1Cl.Cl. The van der Waals surface area contributed by atoms with Gasteiger partial charge in [-0.2, -0.15) is 0 Å². The third-order valence-electron chi connectivity index (χ3n) is 2.80. The number of methoxy groups -OCH3 is 1. The Morgan fingerprint density at radius 2 is 1.78 bits per heavy atom. The van der Waals surface area contributed by atoms with E-state index in [-0.39, 0.29) is 12.4 Å². The van der Waals surface area contributed by atoms with Crippen LogP contribution in [0.4, 0.5) is 0 Å². The van der Waals surface area contributed by atoms with Crippen LogP contribution in [0.2, 0.25) is 10.0 Å². The Balaban J connectivity index is 0.00000289. The van der Waals surface area contributed by atoms with E-state index >= 15 is 0 Å². The molecule has 0 bridgehead atoms. The van der Waals surface area contributed by atoms with Crippen molar-refractivity contribution in [3.63, 3.8) is 0 Å². The molecule has 0 aliphatic rings. The van der Waals surface area contributed by atoms with Crippen molar-refractivity contribution in [3.05, 3.63) is 33.8 Å². The second-order valence-electron chi connectivity index (χ2n) is 4.33. The summed E-state index contributed by atoms with van der Waals surface area (Å²) in [5.74, 6) is -0.402. The second kappa shape index (κ2) is 6.62. The summed E-state index contributed by atoms with van der Waals surface area (Å²) in [5.41, 5.74) is 5.74. The summed E-state index contributed by atoms with van der Waals surface area (Å²) < 4.78 is 4.73. The van der Waals surface area contributed by atoms with Gasteiger partial charge in [-0.1, -0.05) is 29.3 Å². The summed E-state index contributed by atoms with van der Waals surface area (Å²) in [6.07, 6.45) is 0. The number of rotatable bonds is 3. The van der Waals surface area contributed by atoms with Crippen molar-refractivity contribution in [1.29, 1.82) is 0 Å². The second-order valence-corrected chi connectivity index (χ2v) is 5.14. The lowest BCUT2D eigenvalue weighted by Gasteiger charge is -2.30. The topological polar surface area (TPSA) is 52.3 Å². The number of halogens is 3. The van der Waals surface area contributed by atoms with E-state index < -0.39 is 17.4 Å². The van der Waals surface area contributed by atoms with E-state index in [4.69, 9.17) is 33.7 Å². The first kappa shape index (κ1) is 17.5. The molecule has 1 aromatic rings. The van der Waals surface area contributed by atoms with E-state index in [1.54, 1.807) is 32.0 Å². The molecule has 2 N–H and O–H groups in total. The van der Waals surface area contributed by atoms with Gasteiger partial charge in [0.05, 0.1) is 12.5 Å². The molecule has 3 nitrogen and oxygen atoms in total. The van der Waals surface area contributed by atoms with Gasteiger partial charge in [0.15, 0.2) is 0 Å². The molecule has 0 saturated heterocycles. The largest absolute Gasteiger partial charge is 0.469 e. The number of esters is 1. The van der Waals surface area contributed by atoms with Gasteiger partial charge in [-0.3, -0.25) is 4.79 Å². The highest BCUT2D eigenvalue weighted by Crippen LogP contribution is 2.39. The van der Waals surface area contributed by atoms with Crippen LogP contribution in [0.5, 0.6) is 0 Å². The van der Waals surface area contributed by atoms with Gasteiger partial charge in [0.25, 0.3) is 0 Å². The van der Waals surface area contributed by atoms with Crippen molar-refractivity contribution in [3.8, 4) is 0 Å². The van der Waals surface area contributed by atoms with Crippen molar-refractivity contribution in [2.24, 2.45) is 11.1 Å². The zero-order valence-corrected chi connectivity index (χ0v) is 12.7. The average Bonchev–Trinajstić information content (AvgIpc) is 2.27. The number of carbonyl (C=O) groups excluding carboxylic acids is 1. The number of hydrogen-bond donors (Lipinski definition) is 1. The standard InChI is InChI=1S/C12H15Cl2NO2.ClH/c1-12(2,11(16)17-3)10(15)9-7(13)5-4-6-8(9)14;/h4-6,10H,15H2,1-3H3;1H/t10-;/m0./s1. The minimum atomic E-state index is -0.899. The van der Waals surface area contributed by atoms with E-state index in [0.29, 0.717) is 15.6 Å². The third kappa shape index (κ3) is 3.29. The van der Waals surface area contributed by atoms with Gasteiger partial charge in [-0.05, 0) is 26.0 Å². The third-order valence-corrected chi connectivity index (χ3v) is 3.46. The fourth-order valence-electron chi connectivity index (χ4n) is 1.56. The number of ether oxygens (including phenoxy) is 1. The maximum absolute atomic E-state index is 11.7. The van der Waals surface area contributed by atoms with Gasteiger partial charge in [-0.15, -0.1) is 12.4 Å². The van der Waals surface area contributed by atoms with Gasteiger partial charge >= 0.3 is 5.97 Å².